The summed E-state index contributed by atoms with van der Waals surface area (Å²) in [5, 5.41) is 2.34. The molecule has 3 aromatic rings. The van der Waals surface area contributed by atoms with E-state index in [1.807, 2.05) is 42.5 Å². The zero-order valence-electron chi connectivity index (χ0n) is 10.3. The molecule has 1 nitrogen and oxygen atoms in total. The average molecular weight is 234 g/mol. The molecule has 0 saturated heterocycles. The Morgan fingerprint density at radius 3 is 2.44 bits per heavy atom. The SMILES string of the molecule is Cc1cccc(Oc2cccc3ccccc23)c1. The van der Waals surface area contributed by atoms with Crippen molar-refractivity contribution in [2.24, 2.45) is 0 Å². The smallest absolute Gasteiger partial charge is 0.135 e. The highest BCUT2D eigenvalue weighted by molar-refractivity contribution is 5.88. The van der Waals surface area contributed by atoms with Gasteiger partial charge in [-0.25, -0.2) is 0 Å². The fraction of sp³-hybridized carbons (Fsp3) is 0.0588. The highest BCUT2D eigenvalue weighted by Gasteiger charge is 2.02. The van der Waals surface area contributed by atoms with Gasteiger partial charge in [0.2, 0.25) is 0 Å². The van der Waals surface area contributed by atoms with Crippen molar-refractivity contribution in [2.75, 3.05) is 0 Å². The Labute approximate surface area is 107 Å². The largest absolute Gasteiger partial charge is 0.457 e. The summed E-state index contributed by atoms with van der Waals surface area (Å²) in [5.41, 5.74) is 1.20. The molecule has 0 N–H and O–H groups in total. The molecule has 0 bridgehead atoms. The zero-order valence-corrected chi connectivity index (χ0v) is 10.3. The van der Waals surface area contributed by atoms with Gasteiger partial charge in [-0.1, -0.05) is 48.5 Å². The van der Waals surface area contributed by atoms with E-state index in [0.717, 1.165) is 16.9 Å². The van der Waals surface area contributed by atoms with Crippen molar-refractivity contribution in [3.8, 4) is 11.5 Å². The van der Waals surface area contributed by atoms with E-state index < -0.39 is 0 Å². The third-order valence-corrected chi connectivity index (χ3v) is 2.97. The van der Waals surface area contributed by atoms with Gasteiger partial charge in [-0.2, -0.15) is 0 Å². The molecule has 1 heteroatoms. The van der Waals surface area contributed by atoms with E-state index >= 15 is 0 Å². The van der Waals surface area contributed by atoms with Gasteiger partial charge in [-0.05, 0) is 36.1 Å². The summed E-state index contributed by atoms with van der Waals surface area (Å²) in [6, 6.07) is 22.5. The molecule has 0 amide bonds. The molecule has 0 atom stereocenters. The highest BCUT2D eigenvalue weighted by atomic mass is 16.5. The summed E-state index contributed by atoms with van der Waals surface area (Å²) < 4.78 is 5.97. The first-order valence-corrected chi connectivity index (χ1v) is 6.05. The molecule has 0 saturated carbocycles. The van der Waals surface area contributed by atoms with Crippen molar-refractivity contribution < 1.29 is 4.74 Å². The van der Waals surface area contributed by atoms with Crippen LogP contribution in [0.25, 0.3) is 10.8 Å². The highest BCUT2D eigenvalue weighted by Crippen LogP contribution is 2.29. The van der Waals surface area contributed by atoms with Crippen LogP contribution >= 0.6 is 0 Å². The van der Waals surface area contributed by atoms with Gasteiger partial charge in [-0.15, -0.1) is 0 Å². The molecule has 0 spiro atoms. The second-order valence-electron chi connectivity index (χ2n) is 4.40. The molecule has 3 aromatic carbocycles. The van der Waals surface area contributed by atoms with Crippen molar-refractivity contribution in [3.05, 3.63) is 72.3 Å². The van der Waals surface area contributed by atoms with Gasteiger partial charge in [-0.3, -0.25) is 0 Å². The second kappa shape index (κ2) is 4.53. The predicted octanol–water partition coefficient (Wildman–Crippen LogP) is 4.94. The maximum atomic E-state index is 5.97. The summed E-state index contributed by atoms with van der Waals surface area (Å²) >= 11 is 0. The first kappa shape index (κ1) is 10.8. The predicted molar refractivity (Wildman–Crippen MR) is 75.2 cm³/mol. The van der Waals surface area contributed by atoms with Gasteiger partial charge in [0.05, 0.1) is 0 Å². The van der Waals surface area contributed by atoms with E-state index in [1.165, 1.54) is 10.9 Å². The second-order valence-corrected chi connectivity index (χ2v) is 4.40. The lowest BCUT2D eigenvalue weighted by molar-refractivity contribution is 0.488. The Hall–Kier alpha value is -2.28. The van der Waals surface area contributed by atoms with Crippen LogP contribution in [-0.4, -0.2) is 0 Å². The number of ether oxygens (including phenoxy) is 1. The molecule has 88 valence electrons. The van der Waals surface area contributed by atoms with Gasteiger partial charge >= 0.3 is 0 Å². The van der Waals surface area contributed by atoms with Gasteiger partial charge in [0.25, 0.3) is 0 Å². The maximum Gasteiger partial charge on any atom is 0.135 e. The van der Waals surface area contributed by atoms with E-state index in [1.54, 1.807) is 0 Å². The quantitative estimate of drug-likeness (QED) is 0.610. The molecule has 0 radical (unpaired) electrons. The number of benzene rings is 3. The molecule has 0 unspecified atom stereocenters. The van der Waals surface area contributed by atoms with Crippen LogP contribution in [0.4, 0.5) is 0 Å². The molecule has 18 heavy (non-hydrogen) atoms. The number of fused-ring (bicyclic) bond motifs is 1. The Kier molecular flexibility index (Phi) is 2.73. The van der Waals surface area contributed by atoms with Gasteiger partial charge in [0, 0.05) is 5.39 Å². The molecule has 0 aliphatic carbocycles. The van der Waals surface area contributed by atoms with Crippen LogP contribution in [0, 0.1) is 6.92 Å². The molecule has 0 aliphatic heterocycles. The van der Waals surface area contributed by atoms with Crippen LogP contribution in [0.1, 0.15) is 5.56 Å². The maximum absolute atomic E-state index is 5.97. The Morgan fingerprint density at radius 2 is 1.56 bits per heavy atom. The molecular weight excluding hydrogens is 220 g/mol. The van der Waals surface area contributed by atoms with Gasteiger partial charge < -0.3 is 4.74 Å². The molecule has 0 aliphatic rings. The molecule has 3 rings (SSSR count). The fourth-order valence-electron chi connectivity index (χ4n) is 2.09. The normalized spacial score (nSPS) is 10.5. The van der Waals surface area contributed by atoms with Crippen LogP contribution in [0.3, 0.4) is 0 Å². The summed E-state index contributed by atoms with van der Waals surface area (Å²) in [7, 11) is 0. The first-order chi connectivity index (χ1) is 8.83. The Morgan fingerprint density at radius 1 is 0.778 bits per heavy atom. The number of hydrogen-bond donors (Lipinski definition) is 0. The van der Waals surface area contributed by atoms with Crippen LogP contribution in [0.15, 0.2) is 66.7 Å². The first-order valence-electron chi connectivity index (χ1n) is 6.05. The molecule has 0 heterocycles. The van der Waals surface area contributed by atoms with E-state index in [2.05, 4.69) is 31.2 Å². The van der Waals surface area contributed by atoms with Crippen LogP contribution < -0.4 is 4.74 Å². The standard InChI is InChI=1S/C17H14O/c1-13-6-4-9-15(12-13)18-17-11-5-8-14-7-2-3-10-16(14)17/h2-12H,1H3. The van der Waals surface area contributed by atoms with E-state index in [4.69, 9.17) is 4.74 Å². The zero-order chi connectivity index (χ0) is 12.4. The fourth-order valence-corrected chi connectivity index (χ4v) is 2.09. The lowest BCUT2D eigenvalue weighted by Gasteiger charge is -2.09. The van der Waals surface area contributed by atoms with Gasteiger partial charge in [0.1, 0.15) is 11.5 Å². The Bertz CT molecular complexity index is 681. The van der Waals surface area contributed by atoms with Crippen LogP contribution in [-0.2, 0) is 0 Å². The number of hydrogen-bond acceptors (Lipinski definition) is 1. The van der Waals surface area contributed by atoms with Crippen molar-refractivity contribution in [1.29, 1.82) is 0 Å². The molecule has 0 aromatic heterocycles. The minimum Gasteiger partial charge on any atom is -0.457 e. The van der Waals surface area contributed by atoms with Crippen molar-refractivity contribution in [3.63, 3.8) is 0 Å². The van der Waals surface area contributed by atoms with E-state index in [9.17, 15) is 0 Å². The topological polar surface area (TPSA) is 9.23 Å². The Balaban J connectivity index is 2.05. The lowest BCUT2D eigenvalue weighted by Crippen LogP contribution is -1.86. The van der Waals surface area contributed by atoms with E-state index in [-0.39, 0.29) is 0 Å². The van der Waals surface area contributed by atoms with Crippen molar-refractivity contribution in [1.82, 2.24) is 0 Å². The third-order valence-electron chi connectivity index (χ3n) is 2.97. The summed E-state index contributed by atoms with van der Waals surface area (Å²) in [6.07, 6.45) is 0. The summed E-state index contributed by atoms with van der Waals surface area (Å²) in [5.74, 6) is 1.78. The van der Waals surface area contributed by atoms with Crippen LogP contribution in [0.5, 0.6) is 11.5 Å². The van der Waals surface area contributed by atoms with Gasteiger partial charge in [0.15, 0.2) is 0 Å². The monoisotopic (exact) mass is 234 g/mol. The average Bonchev–Trinajstić information content (AvgIpc) is 2.39. The molecule has 0 fully saturated rings. The van der Waals surface area contributed by atoms with Crippen molar-refractivity contribution >= 4 is 10.8 Å². The number of aryl methyl sites for hydroxylation is 1. The van der Waals surface area contributed by atoms with Crippen LogP contribution in [0.2, 0.25) is 0 Å². The summed E-state index contributed by atoms with van der Waals surface area (Å²) in [6.45, 7) is 2.07. The minimum absolute atomic E-state index is 0.881. The third kappa shape index (κ3) is 2.07. The minimum atomic E-state index is 0.881. The molecular formula is C17H14O. The summed E-state index contributed by atoms with van der Waals surface area (Å²) in [4.78, 5) is 0. The lowest BCUT2D eigenvalue weighted by atomic mass is 10.1. The number of rotatable bonds is 2. The van der Waals surface area contributed by atoms with E-state index in [0.29, 0.717) is 0 Å². The van der Waals surface area contributed by atoms with Crippen molar-refractivity contribution in [2.45, 2.75) is 6.92 Å².